The van der Waals surface area contributed by atoms with Crippen molar-refractivity contribution in [2.75, 3.05) is 20.8 Å². The predicted molar refractivity (Wildman–Crippen MR) is 75.6 cm³/mol. The monoisotopic (exact) mass is 313 g/mol. The van der Waals surface area contributed by atoms with Gasteiger partial charge in [0.15, 0.2) is 0 Å². The van der Waals surface area contributed by atoms with E-state index in [0.29, 0.717) is 17.1 Å². The first kappa shape index (κ1) is 17.6. The van der Waals surface area contributed by atoms with Gasteiger partial charge in [0.2, 0.25) is 6.29 Å². The summed E-state index contributed by atoms with van der Waals surface area (Å²) in [6.07, 6.45) is -2.74. The Labute approximate surface area is 127 Å². The lowest BCUT2D eigenvalue weighted by molar-refractivity contribution is -0.145. The van der Waals surface area contributed by atoms with E-state index in [9.17, 15) is 14.7 Å². The van der Waals surface area contributed by atoms with Crippen LogP contribution in [0.15, 0.2) is 18.2 Å². The fraction of sp³-hybridized carbons (Fsp3) is 0.429. The van der Waals surface area contributed by atoms with Crippen LogP contribution >= 0.6 is 0 Å². The Morgan fingerprint density at radius 1 is 1.27 bits per heavy atom. The van der Waals surface area contributed by atoms with E-state index in [-0.39, 0.29) is 6.61 Å². The predicted octanol–water partition coefficient (Wildman–Crippen LogP) is 0.764. The third-order valence-corrected chi connectivity index (χ3v) is 2.89. The van der Waals surface area contributed by atoms with Crippen LogP contribution in [0.25, 0.3) is 0 Å². The first-order valence-electron chi connectivity index (χ1n) is 6.38. The fourth-order valence-corrected chi connectivity index (χ4v) is 1.86. The van der Waals surface area contributed by atoms with Crippen LogP contribution in [0.2, 0.25) is 0 Å². The quantitative estimate of drug-likeness (QED) is 0.563. The summed E-state index contributed by atoms with van der Waals surface area (Å²) in [5.41, 5.74) is 5.37. The maximum absolute atomic E-state index is 11.0. The van der Waals surface area contributed by atoms with E-state index in [1.165, 1.54) is 21.1 Å². The summed E-state index contributed by atoms with van der Waals surface area (Å²) in [4.78, 5) is 21.8. The molecule has 3 N–H and O–H groups in total. The van der Waals surface area contributed by atoms with Gasteiger partial charge in [0.25, 0.3) is 0 Å². The highest BCUT2D eigenvalue weighted by molar-refractivity contribution is 5.66. The van der Waals surface area contributed by atoms with E-state index in [2.05, 4.69) is 4.74 Å². The SMILES string of the molecule is COc1ccc([C@@H](COC(C)=O)[C@@H](O)OC(N)=O)c(OC)c1. The molecule has 0 aliphatic rings. The second-order valence-corrected chi connectivity index (χ2v) is 4.34. The topological polar surface area (TPSA) is 117 Å². The summed E-state index contributed by atoms with van der Waals surface area (Å²) in [5.74, 6) is -0.484. The summed E-state index contributed by atoms with van der Waals surface area (Å²) in [6, 6.07) is 4.84. The minimum atomic E-state index is -1.60. The number of hydrogen-bond acceptors (Lipinski definition) is 7. The van der Waals surface area contributed by atoms with Gasteiger partial charge in [-0.25, -0.2) is 4.79 Å². The van der Waals surface area contributed by atoms with Gasteiger partial charge in [-0.1, -0.05) is 6.07 Å². The van der Waals surface area contributed by atoms with Crippen molar-refractivity contribution >= 4 is 12.1 Å². The van der Waals surface area contributed by atoms with Gasteiger partial charge in [0.05, 0.1) is 20.1 Å². The number of aliphatic hydroxyl groups is 1. The van der Waals surface area contributed by atoms with E-state index in [4.69, 9.17) is 19.9 Å². The van der Waals surface area contributed by atoms with E-state index in [1.54, 1.807) is 18.2 Å². The number of hydrogen-bond donors (Lipinski definition) is 2. The number of methoxy groups -OCH3 is 2. The van der Waals surface area contributed by atoms with Gasteiger partial charge in [0.1, 0.15) is 18.1 Å². The molecule has 0 fully saturated rings. The average molecular weight is 313 g/mol. The molecule has 1 aromatic carbocycles. The zero-order valence-corrected chi connectivity index (χ0v) is 12.6. The van der Waals surface area contributed by atoms with Crippen molar-refractivity contribution in [2.45, 2.75) is 19.1 Å². The summed E-state index contributed by atoms with van der Waals surface area (Å²) in [7, 11) is 2.93. The molecule has 122 valence electrons. The van der Waals surface area contributed by atoms with Crippen molar-refractivity contribution in [2.24, 2.45) is 5.73 Å². The third-order valence-electron chi connectivity index (χ3n) is 2.89. The average Bonchev–Trinajstić information content (AvgIpc) is 2.46. The smallest absolute Gasteiger partial charge is 0.406 e. The second kappa shape index (κ2) is 8.08. The van der Waals surface area contributed by atoms with Crippen LogP contribution in [0.4, 0.5) is 4.79 Å². The molecule has 0 saturated heterocycles. The van der Waals surface area contributed by atoms with E-state index in [0.717, 1.165) is 0 Å². The van der Waals surface area contributed by atoms with Crippen LogP contribution in [0.5, 0.6) is 11.5 Å². The Balaban J connectivity index is 3.13. The highest BCUT2D eigenvalue weighted by Gasteiger charge is 2.28. The molecular formula is C14H19NO7. The Kier molecular flexibility index (Phi) is 6.46. The van der Waals surface area contributed by atoms with E-state index in [1.807, 2.05) is 0 Å². The van der Waals surface area contributed by atoms with Gasteiger partial charge in [0, 0.05) is 18.6 Å². The van der Waals surface area contributed by atoms with Crippen LogP contribution in [0.1, 0.15) is 18.4 Å². The number of carbonyl (C=O) groups excluding carboxylic acids is 2. The molecule has 1 aromatic rings. The van der Waals surface area contributed by atoms with Gasteiger partial charge < -0.3 is 29.8 Å². The maximum Gasteiger partial charge on any atom is 0.406 e. The lowest BCUT2D eigenvalue weighted by Crippen LogP contribution is -2.31. The minimum absolute atomic E-state index is 0.216. The Bertz CT molecular complexity index is 532. The number of aliphatic hydroxyl groups excluding tert-OH is 1. The molecule has 0 aromatic heterocycles. The number of ether oxygens (including phenoxy) is 4. The maximum atomic E-state index is 11.0. The number of rotatable bonds is 7. The number of esters is 1. The summed E-state index contributed by atoms with van der Waals surface area (Å²) >= 11 is 0. The van der Waals surface area contributed by atoms with Crippen molar-refractivity contribution in [1.29, 1.82) is 0 Å². The standard InChI is InChI=1S/C14H19NO7/c1-8(16)21-7-11(13(17)22-14(15)18)10-5-4-9(19-2)6-12(10)20-3/h4-6,11,13,17H,7H2,1-3H3,(H2,15,18)/t11-,13+/m1/s1. The van der Waals surface area contributed by atoms with Gasteiger partial charge in [-0.2, -0.15) is 0 Å². The molecule has 0 aliphatic heterocycles. The first-order valence-corrected chi connectivity index (χ1v) is 6.38. The van der Waals surface area contributed by atoms with E-state index < -0.39 is 24.3 Å². The number of primary amides is 1. The van der Waals surface area contributed by atoms with Crippen molar-refractivity contribution in [3.05, 3.63) is 23.8 Å². The lowest BCUT2D eigenvalue weighted by Gasteiger charge is -2.24. The van der Waals surface area contributed by atoms with Crippen LogP contribution < -0.4 is 15.2 Å². The molecule has 8 heteroatoms. The number of nitrogens with two attached hydrogens (primary N) is 1. The van der Waals surface area contributed by atoms with E-state index >= 15 is 0 Å². The first-order chi connectivity index (χ1) is 10.4. The zero-order chi connectivity index (χ0) is 16.7. The molecule has 0 saturated carbocycles. The highest BCUT2D eigenvalue weighted by atomic mass is 16.6. The van der Waals surface area contributed by atoms with Crippen molar-refractivity contribution in [3.8, 4) is 11.5 Å². The van der Waals surface area contributed by atoms with Crippen LogP contribution in [-0.4, -0.2) is 44.3 Å². The summed E-state index contributed by atoms with van der Waals surface area (Å²) in [5, 5.41) is 9.99. The van der Waals surface area contributed by atoms with Crippen molar-refractivity contribution < 1.29 is 33.6 Å². The molecule has 22 heavy (non-hydrogen) atoms. The Morgan fingerprint density at radius 3 is 2.45 bits per heavy atom. The molecule has 0 unspecified atom stereocenters. The van der Waals surface area contributed by atoms with Crippen molar-refractivity contribution in [3.63, 3.8) is 0 Å². The van der Waals surface area contributed by atoms with Crippen LogP contribution in [-0.2, 0) is 14.3 Å². The molecule has 0 aliphatic carbocycles. The molecule has 2 atom stereocenters. The number of carbonyl (C=O) groups is 2. The molecule has 0 bridgehead atoms. The molecule has 8 nitrogen and oxygen atoms in total. The molecular weight excluding hydrogens is 294 g/mol. The fourth-order valence-electron chi connectivity index (χ4n) is 1.86. The minimum Gasteiger partial charge on any atom is -0.497 e. The Morgan fingerprint density at radius 2 is 1.95 bits per heavy atom. The van der Waals surface area contributed by atoms with Gasteiger partial charge in [-0.3, -0.25) is 4.79 Å². The molecule has 0 heterocycles. The second-order valence-electron chi connectivity index (χ2n) is 4.34. The largest absolute Gasteiger partial charge is 0.497 e. The van der Waals surface area contributed by atoms with Gasteiger partial charge >= 0.3 is 12.1 Å². The van der Waals surface area contributed by atoms with Gasteiger partial charge in [-0.05, 0) is 6.07 Å². The Hall–Kier alpha value is -2.48. The van der Waals surface area contributed by atoms with Crippen molar-refractivity contribution in [1.82, 2.24) is 0 Å². The molecule has 1 amide bonds. The number of benzene rings is 1. The van der Waals surface area contributed by atoms with Crippen LogP contribution in [0.3, 0.4) is 0 Å². The van der Waals surface area contributed by atoms with Crippen LogP contribution in [0, 0.1) is 0 Å². The highest BCUT2D eigenvalue weighted by Crippen LogP contribution is 2.33. The van der Waals surface area contributed by atoms with Gasteiger partial charge in [-0.15, -0.1) is 0 Å². The third kappa shape index (κ3) is 4.81. The summed E-state index contributed by atoms with van der Waals surface area (Å²) < 4.78 is 19.8. The zero-order valence-electron chi connectivity index (χ0n) is 12.6. The lowest BCUT2D eigenvalue weighted by atomic mass is 9.98. The molecule has 1 rings (SSSR count). The number of amides is 1. The summed E-state index contributed by atoms with van der Waals surface area (Å²) in [6.45, 7) is 1.01. The molecule has 0 radical (unpaired) electrons. The molecule has 0 spiro atoms. The normalized spacial score (nSPS) is 12.9.